The third kappa shape index (κ3) is 5.04. The zero-order valence-electron chi connectivity index (χ0n) is 16.7. The maximum atomic E-state index is 12.7. The molecule has 2 amide bonds. The lowest BCUT2D eigenvalue weighted by atomic mass is 10.1. The zero-order chi connectivity index (χ0) is 20.9. The van der Waals surface area contributed by atoms with Crippen molar-refractivity contribution in [2.24, 2.45) is 0 Å². The van der Waals surface area contributed by atoms with Crippen molar-refractivity contribution < 1.29 is 14.7 Å². The van der Waals surface area contributed by atoms with E-state index < -0.39 is 6.10 Å². The van der Waals surface area contributed by atoms with Gasteiger partial charge in [0, 0.05) is 32.5 Å². The highest BCUT2D eigenvalue weighted by Gasteiger charge is 2.29. The molecule has 7 heteroatoms. The van der Waals surface area contributed by atoms with Gasteiger partial charge in [-0.2, -0.15) is 0 Å². The summed E-state index contributed by atoms with van der Waals surface area (Å²) in [5.74, 6) is -0.234. The van der Waals surface area contributed by atoms with Crippen molar-refractivity contribution in [3.8, 4) is 0 Å². The van der Waals surface area contributed by atoms with Crippen molar-refractivity contribution in [2.45, 2.75) is 25.4 Å². The molecule has 3 aromatic rings. The van der Waals surface area contributed by atoms with Gasteiger partial charge in [-0.25, -0.2) is 4.98 Å². The van der Waals surface area contributed by atoms with E-state index in [1.54, 1.807) is 16.2 Å². The van der Waals surface area contributed by atoms with Gasteiger partial charge < -0.3 is 14.9 Å². The predicted molar refractivity (Wildman–Crippen MR) is 117 cm³/mol. The molecule has 2 aromatic carbocycles. The van der Waals surface area contributed by atoms with Gasteiger partial charge in [0.1, 0.15) is 0 Å². The van der Waals surface area contributed by atoms with Gasteiger partial charge in [-0.15, -0.1) is 11.3 Å². The van der Waals surface area contributed by atoms with Crippen LogP contribution in [0.2, 0.25) is 0 Å². The molecule has 156 valence electrons. The highest BCUT2D eigenvalue weighted by Crippen LogP contribution is 2.22. The summed E-state index contributed by atoms with van der Waals surface area (Å²) in [6.45, 7) is 0.998. The van der Waals surface area contributed by atoms with Crippen molar-refractivity contribution in [3.05, 3.63) is 65.2 Å². The molecular weight excluding hydrogens is 398 g/mol. The van der Waals surface area contributed by atoms with Gasteiger partial charge in [-0.1, -0.05) is 42.5 Å². The van der Waals surface area contributed by atoms with Gasteiger partial charge >= 0.3 is 0 Å². The average molecular weight is 424 g/mol. The maximum absolute atomic E-state index is 12.7. The summed E-state index contributed by atoms with van der Waals surface area (Å²) in [4.78, 5) is 33.2. The lowest BCUT2D eigenvalue weighted by molar-refractivity contribution is -0.138. The Balaban J connectivity index is 1.33. The van der Waals surface area contributed by atoms with E-state index in [2.05, 4.69) is 4.98 Å². The fraction of sp³-hybridized carbons (Fsp3) is 0.348. The first-order valence-electron chi connectivity index (χ1n) is 10.2. The normalized spacial score (nSPS) is 17.4. The van der Waals surface area contributed by atoms with Crippen LogP contribution in [0.25, 0.3) is 10.2 Å². The van der Waals surface area contributed by atoms with Crippen LogP contribution >= 0.6 is 11.3 Å². The molecule has 1 N–H and O–H groups in total. The van der Waals surface area contributed by atoms with E-state index >= 15 is 0 Å². The summed E-state index contributed by atoms with van der Waals surface area (Å²) in [6.07, 6.45) is 0.810. The second kappa shape index (κ2) is 9.36. The number of aryl methyl sites for hydroxylation is 1. The Morgan fingerprint density at radius 1 is 1.07 bits per heavy atom. The highest BCUT2D eigenvalue weighted by atomic mass is 32.1. The van der Waals surface area contributed by atoms with Gasteiger partial charge in [0.25, 0.3) is 0 Å². The lowest BCUT2D eigenvalue weighted by Gasteiger charge is -2.21. The number of hydrogen-bond acceptors (Lipinski definition) is 5. The minimum atomic E-state index is -0.737. The molecule has 1 saturated heterocycles. The molecule has 30 heavy (non-hydrogen) atoms. The molecule has 4 rings (SSSR count). The fourth-order valence-corrected chi connectivity index (χ4v) is 4.68. The first kappa shape index (κ1) is 20.5. The molecule has 2 heterocycles. The Hall–Kier alpha value is -2.77. The molecule has 0 radical (unpaired) electrons. The van der Waals surface area contributed by atoms with Gasteiger partial charge in [-0.05, 0) is 24.1 Å². The number of aliphatic hydroxyl groups excluding tert-OH is 1. The number of nitrogens with zero attached hydrogens (tertiary/aromatic N) is 3. The van der Waals surface area contributed by atoms with Crippen molar-refractivity contribution in [1.29, 1.82) is 0 Å². The number of thiazole rings is 1. The number of para-hydroxylation sites is 1. The van der Waals surface area contributed by atoms with Crippen LogP contribution < -0.4 is 0 Å². The largest absolute Gasteiger partial charge is 0.389 e. The Kier molecular flexibility index (Phi) is 6.40. The Labute approximate surface area is 179 Å². The average Bonchev–Trinajstić information content (AvgIpc) is 3.11. The summed E-state index contributed by atoms with van der Waals surface area (Å²) in [5, 5.41) is 11.3. The summed E-state index contributed by atoms with van der Waals surface area (Å²) >= 11 is 1.59. The molecule has 0 bridgehead atoms. The van der Waals surface area contributed by atoms with Crippen molar-refractivity contribution in [1.82, 2.24) is 14.8 Å². The molecule has 1 fully saturated rings. The standard InChI is InChI=1S/C23H25N3O3S/c27-18-14-25(13-12-17-6-2-1-3-7-17)23(29)16-26(15-18)22(28)11-10-21-24-19-8-4-5-9-20(19)30-21/h1-9,18,27H,10-16H2. The molecule has 6 nitrogen and oxygen atoms in total. The van der Waals surface area contributed by atoms with Crippen LogP contribution in [0.3, 0.4) is 0 Å². The second-order valence-electron chi connectivity index (χ2n) is 7.58. The summed E-state index contributed by atoms with van der Waals surface area (Å²) in [5.41, 5.74) is 2.09. The number of aromatic nitrogens is 1. The number of carbonyl (C=O) groups excluding carboxylic acids is 2. The van der Waals surface area contributed by atoms with Crippen LogP contribution in [-0.4, -0.2) is 64.0 Å². The van der Waals surface area contributed by atoms with E-state index in [0.29, 0.717) is 13.0 Å². The first-order valence-corrected chi connectivity index (χ1v) is 11.0. The van der Waals surface area contributed by atoms with Crippen LogP contribution in [0.1, 0.15) is 17.0 Å². The molecule has 0 aliphatic carbocycles. The second-order valence-corrected chi connectivity index (χ2v) is 8.69. The maximum Gasteiger partial charge on any atom is 0.242 e. The fourth-order valence-electron chi connectivity index (χ4n) is 3.71. The van der Waals surface area contributed by atoms with E-state index in [-0.39, 0.29) is 37.9 Å². The molecule has 1 aromatic heterocycles. The molecule has 1 aliphatic heterocycles. The van der Waals surface area contributed by atoms with Crippen LogP contribution in [-0.2, 0) is 22.4 Å². The molecule has 1 unspecified atom stereocenters. The summed E-state index contributed by atoms with van der Waals surface area (Å²) in [7, 11) is 0. The number of fused-ring (bicyclic) bond motifs is 1. The minimum absolute atomic E-state index is 0.0184. The van der Waals surface area contributed by atoms with Gasteiger partial charge in [0.2, 0.25) is 11.8 Å². The SMILES string of the molecule is O=C1CN(C(=O)CCc2nc3ccccc3s2)CC(O)CN1CCc1ccccc1. The zero-order valence-corrected chi connectivity index (χ0v) is 17.6. The summed E-state index contributed by atoms with van der Waals surface area (Å²) < 4.78 is 1.11. The Morgan fingerprint density at radius 2 is 1.83 bits per heavy atom. The van der Waals surface area contributed by atoms with Gasteiger partial charge in [0.05, 0.1) is 27.9 Å². The minimum Gasteiger partial charge on any atom is -0.389 e. The Morgan fingerprint density at radius 3 is 2.63 bits per heavy atom. The number of β-amino-alcohol motifs (C(OH)–C–C–N with tert-alkyl or cyclic N) is 1. The van der Waals surface area contributed by atoms with E-state index in [4.69, 9.17) is 0 Å². The van der Waals surface area contributed by atoms with E-state index in [0.717, 1.165) is 27.2 Å². The number of benzene rings is 2. The van der Waals surface area contributed by atoms with E-state index in [9.17, 15) is 14.7 Å². The molecule has 1 aliphatic rings. The van der Waals surface area contributed by atoms with Crippen LogP contribution in [0.4, 0.5) is 0 Å². The topological polar surface area (TPSA) is 73.7 Å². The highest BCUT2D eigenvalue weighted by molar-refractivity contribution is 7.18. The van der Waals surface area contributed by atoms with Crippen LogP contribution in [0.5, 0.6) is 0 Å². The third-order valence-electron chi connectivity index (χ3n) is 5.30. The van der Waals surface area contributed by atoms with Gasteiger partial charge in [0.15, 0.2) is 0 Å². The number of amides is 2. The van der Waals surface area contributed by atoms with Crippen LogP contribution in [0.15, 0.2) is 54.6 Å². The number of hydrogen-bond donors (Lipinski definition) is 1. The Bertz CT molecular complexity index is 988. The van der Waals surface area contributed by atoms with Crippen LogP contribution in [0, 0.1) is 0 Å². The number of rotatable bonds is 6. The summed E-state index contributed by atoms with van der Waals surface area (Å²) in [6, 6.07) is 17.9. The molecule has 1 atom stereocenters. The number of carbonyl (C=O) groups is 2. The molecule has 0 spiro atoms. The van der Waals surface area contributed by atoms with Gasteiger partial charge in [-0.3, -0.25) is 9.59 Å². The number of aliphatic hydroxyl groups is 1. The van der Waals surface area contributed by atoms with E-state index in [1.165, 1.54) is 4.90 Å². The van der Waals surface area contributed by atoms with Crippen molar-refractivity contribution >= 4 is 33.4 Å². The van der Waals surface area contributed by atoms with E-state index in [1.807, 2.05) is 54.6 Å². The van der Waals surface area contributed by atoms with Crippen molar-refractivity contribution in [3.63, 3.8) is 0 Å². The lowest BCUT2D eigenvalue weighted by Crippen LogP contribution is -2.40. The van der Waals surface area contributed by atoms with Crippen molar-refractivity contribution in [2.75, 3.05) is 26.2 Å². The smallest absolute Gasteiger partial charge is 0.242 e. The molecule has 0 saturated carbocycles. The quantitative estimate of drug-likeness (QED) is 0.661. The predicted octanol–water partition coefficient (Wildman–Crippen LogP) is 2.50. The molecular formula is C23H25N3O3S. The monoisotopic (exact) mass is 423 g/mol. The first-order chi connectivity index (χ1) is 14.6. The third-order valence-corrected chi connectivity index (χ3v) is 6.39.